The van der Waals surface area contributed by atoms with Gasteiger partial charge >= 0.3 is 5.97 Å². The smallest absolute Gasteiger partial charge is 0.336 e. The van der Waals surface area contributed by atoms with Gasteiger partial charge in [0, 0.05) is 11.1 Å². The second-order valence-electron chi connectivity index (χ2n) is 3.21. The highest BCUT2D eigenvalue weighted by Crippen LogP contribution is 2.16. The standard InChI is InChI=1S/C11H9BrO4/c1-6(12)10(14)9-4-7(5-13)2-3-8(9)11(15)16/h2-6H,1H3,(H,15,16). The first-order valence-electron chi connectivity index (χ1n) is 4.48. The Labute approximate surface area is 100 Å². The molecule has 1 N–H and O–H groups in total. The van der Waals surface area contributed by atoms with Crippen LogP contribution in [0.5, 0.6) is 0 Å². The fourth-order valence-electron chi connectivity index (χ4n) is 1.24. The van der Waals surface area contributed by atoms with Crippen molar-refractivity contribution < 1.29 is 19.5 Å². The fraction of sp³-hybridized carbons (Fsp3) is 0.182. The SMILES string of the molecule is CC(Br)C(=O)c1cc(C=O)ccc1C(=O)O. The lowest BCUT2D eigenvalue weighted by Crippen LogP contribution is -2.15. The normalized spacial score (nSPS) is 11.9. The number of benzene rings is 1. The molecule has 16 heavy (non-hydrogen) atoms. The summed E-state index contributed by atoms with van der Waals surface area (Å²) in [6.07, 6.45) is 0.571. The summed E-state index contributed by atoms with van der Waals surface area (Å²) in [7, 11) is 0. The number of Topliss-reactive ketones (excluding diaryl/α,β-unsaturated/α-hetero) is 1. The molecule has 1 aromatic rings. The number of carbonyl (C=O) groups excluding carboxylic acids is 2. The van der Waals surface area contributed by atoms with Crippen molar-refractivity contribution in [3.8, 4) is 0 Å². The summed E-state index contributed by atoms with van der Waals surface area (Å²) in [5.41, 5.74) is 0.227. The molecular weight excluding hydrogens is 276 g/mol. The molecule has 0 aliphatic carbocycles. The highest BCUT2D eigenvalue weighted by Gasteiger charge is 2.20. The van der Waals surface area contributed by atoms with E-state index in [1.807, 2.05) is 0 Å². The van der Waals surface area contributed by atoms with Gasteiger partial charge in [-0.2, -0.15) is 0 Å². The zero-order valence-electron chi connectivity index (χ0n) is 8.44. The van der Waals surface area contributed by atoms with Crippen LogP contribution >= 0.6 is 15.9 Å². The topological polar surface area (TPSA) is 71.4 Å². The molecule has 0 radical (unpaired) electrons. The highest BCUT2D eigenvalue weighted by atomic mass is 79.9. The van der Waals surface area contributed by atoms with Gasteiger partial charge in [-0.1, -0.05) is 22.0 Å². The number of aldehydes is 1. The molecule has 0 saturated carbocycles. The van der Waals surface area contributed by atoms with E-state index in [0.717, 1.165) is 0 Å². The quantitative estimate of drug-likeness (QED) is 0.523. The number of carbonyl (C=O) groups is 3. The minimum atomic E-state index is -1.19. The predicted octanol–water partition coefficient (Wildman–Crippen LogP) is 2.16. The first-order valence-corrected chi connectivity index (χ1v) is 5.39. The average molecular weight is 285 g/mol. The minimum Gasteiger partial charge on any atom is -0.478 e. The van der Waals surface area contributed by atoms with Crippen molar-refractivity contribution in [2.75, 3.05) is 0 Å². The Balaban J connectivity index is 3.36. The van der Waals surface area contributed by atoms with Gasteiger partial charge in [0.25, 0.3) is 0 Å². The monoisotopic (exact) mass is 284 g/mol. The van der Waals surface area contributed by atoms with Crippen molar-refractivity contribution in [3.63, 3.8) is 0 Å². The van der Waals surface area contributed by atoms with Gasteiger partial charge in [-0.05, 0) is 19.1 Å². The van der Waals surface area contributed by atoms with E-state index >= 15 is 0 Å². The molecule has 5 heteroatoms. The van der Waals surface area contributed by atoms with Gasteiger partial charge in [-0.3, -0.25) is 9.59 Å². The maximum atomic E-state index is 11.7. The maximum absolute atomic E-state index is 11.7. The largest absolute Gasteiger partial charge is 0.478 e. The van der Waals surface area contributed by atoms with Crippen molar-refractivity contribution in [2.45, 2.75) is 11.8 Å². The van der Waals surface area contributed by atoms with Crippen LogP contribution in [0.15, 0.2) is 18.2 Å². The lowest BCUT2D eigenvalue weighted by atomic mass is 9.99. The molecule has 0 aliphatic rings. The second-order valence-corrected chi connectivity index (χ2v) is 4.58. The van der Waals surface area contributed by atoms with E-state index < -0.39 is 10.8 Å². The summed E-state index contributed by atoms with van der Waals surface area (Å²) >= 11 is 3.08. The summed E-state index contributed by atoms with van der Waals surface area (Å²) in [4.78, 5) is 32.7. The van der Waals surface area contributed by atoms with E-state index in [4.69, 9.17) is 5.11 Å². The number of carboxylic acids is 1. The van der Waals surface area contributed by atoms with Crippen LogP contribution in [0.25, 0.3) is 0 Å². The summed E-state index contributed by atoms with van der Waals surface area (Å²) in [6.45, 7) is 1.60. The molecule has 1 aromatic carbocycles. The Morgan fingerprint density at radius 1 is 1.38 bits per heavy atom. The van der Waals surface area contributed by atoms with Gasteiger partial charge in [0.1, 0.15) is 6.29 Å². The fourth-order valence-corrected chi connectivity index (χ4v) is 1.49. The Morgan fingerprint density at radius 3 is 2.44 bits per heavy atom. The van der Waals surface area contributed by atoms with Gasteiger partial charge in [-0.15, -0.1) is 0 Å². The van der Waals surface area contributed by atoms with E-state index in [0.29, 0.717) is 6.29 Å². The third kappa shape index (κ3) is 2.55. The molecule has 1 rings (SSSR count). The summed E-state index contributed by atoms with van der Waals surface area (Å²) in [6, 6.07) is 3.91. The number of alkyl halides is 1. The molecule has 0 fully saturated rings. The molecule has 0 spiro atoms. The summed E-state index contributed by atoms with van der Waals surface area (Å²) in [5.74, 6) is -1.55. The van der Waals surface area contributed by atoms with Gasteiger partial charge in [0.15, 0.2) is 5.78 Å². The number of ketones is 1. The van der Waals surface area contributed by atoms with Crippen LogP contribution < -0.4 is 0 Å². The van der Waals surface area contributed by atoms with Gasteiger partial charge < -0.3 is 5.11 Å². The molecule has 1 unspecified atom stereocenters. The average Bonchev–Trinajstić information content (AvgIpc) is 2.26. The molecule has 4 nitrogen and oxygen atoms in total. The molecule has 0 saturated heterocycles. The summed E-state index contributed by atoms with van der Waals surface area (Å²) in [5, 5.41) is 8.90. The van der Waals surface area contributed by atoms with E-state index in [-0.39, 0.29) is 22.5 Å². The Bertz CT molecular complexity index is 451. The number of rotatable bonds is 4. The zero-order valence-corrected chi connectivity index (χ0v) is 10.0. The number of halogens is 1. The van der Waals surface area contributed by atoms with Crippen molar-refractivity contribution in [3.05, 3.63) is 34.9 Å². The van der Waals surface area contributed by atoms with Crippen molar-refractivity contribution in [1.29, 1.82) is 0 Å². The lowest BCUT2D eigenvalue weighted by molar-refractivity contribution is 0.0691. The van der Waals surface area contributed by atoms with E-state index in [1.54, 1.807) is 6.92 Å². The van der Waals surface area contributed by atoms with Crippen LogP contribution in [0.1, 0.15) is 38.0 Å². The molecule has 0 amide bonds. The third-order valence-electron chi connectivity index (χ3n) is 2.04. The van der Waals surface area contributed by atoms with Crippen LogP contribution in [0.4, 0.5) is 0 Å². The molecule has 0 bridgehead atoms. The number of hydrogen-bond donors (Lipinski definition) is 1. The van der Waals surface area contributed by atoms with Crippen molar-refractivity contribution in [1.82, 2.24) is 0 Å². The first-order chi connectivity index (χ1) is 7.47. The maximum Gasteiger partial charge on any atom is 0.336 e. The summed E-state index contributed by atoms with van der Waals surface area (Å²) < 4.78 is 0. The van der Waals surface area contributed by atoms with Crippen LogP contribution in [-0.2, 0) is 0 Å². The van der Waals surface area contributed by atoms with E-state index in [2.05, 4.69) is 15.9 Å². The van der Waals surface area contributed by atoms with Crippen LogP contribution in [0, 0.1) is 0 Å². The molecule has 0 heterocycles. The lowest BCUT2D eigenvalue weighted by Gasteiger charge is -2.07. The van der Waals surface area contributed by atoms with Gasteiger partial charge in [0.2, 0.25) is 0 Å². The second kappa shape index (κ2) is 5.03. The zero-order chi connectivity index (χ0) is 12.3. The third-order valence-corrected chi connectivity index (χ3v) is 2.45. The number of aromatic carboxylic acids is 1. The Hall–Kier alpha value is -1.49. The van der Waals surface area contributed by atoms with Gasteiger partial charge in [-0.25, -0.2) is 4.79 Å². The molecule has 1 atom stereocenters. The van der Waals surface area contributed by atoms with Crippen molar-refractivity contribution >= 4 is 34.0 Å². The highest BCUT2D eigenvalue weighted by molar-refractivity contribution is 9.10. The van der Waals surface area contributed by atoms with Crippen LogP contribution in [0.2, 0.25) is 0 Å². The first kappa shape index (κ1) is 12.6. The Kier molecular flexibility index (Phi) is 3.95. The van der Waals surface area contributed by atoms with Crippen molar-refractivity contribution in [2.24, 2.45) is 0 Å². The molecule has 0 aromatic heterocycles. The predicted molar refractivity (Wildman–Crippen MR) is 61.5 cm³/mol. The van der Waals surface area contributed by atoms with Crippen LogP contribution in [-0.4, -0.2) is 28.0 Å². The van der Waals surface area contributed by atoms with Gasteiger partial charge in [0.05, 0.1) is 10.4 Å². The Morgan fingerprint density at radius 2 is 2.00 bits per heavy atom. The van der Waals surface area contributed by atoms with E-state index in [1.165, 1.54) is 18.2 Å². The van der Waals surface area contributed by atoms with Crippen LogP contribution in [0.3, 0.4) is 0 Å². The molecule has 84 valence electrons. The molecule has 0 aliphatic heterocycles. The molecular formula is C11H9BrO4. The minimum absolute atomic E-state index is 0.0430. The van der Waals surface area contributed by atoms with E-state index in [9.17, 15) is 14.4 Å². The number of carboxylic acid groups (broad SMARTS) is 1. The number of hydrogen-bond acceptors (Lipinski definition) is 3.